The molecule has 1 heterocycles. The number of methoxy groups -OCH3 is 1. The Kier molecular flexibility index (Phi) is 5.13. The highest BCUT2D eigenvalue weighted by atomic mass is 32.2. The van der Waals surface area contributed by atoms with Gasteiger partial charge in [0.1, 0.15) is 11.3 Å². The third kappa shape index (κ3) is 3.90. The maximum absolute atomic E-state index is 12.3. The number of aromatic hydroxyl groups is 1. The number of carbonyl (C=O) groups is 1. The van der Waals surface area contributed by atoms with E-state index in [9.17, 15) is 18.3 Å². The second-order valence-corrected chi connectivity index (χ2v) is 7.57. The first-order valence-corrected chi connectivity index (χ1v) is 9.09. The minimum Gasteiger partial charge on any atom is -0.507 e. The van der Waals surface area contributed by atoms with Gasteiger partial charge in [-0.1, -0.05) is 0 Å². The van der Waals surface area contributed by atoms with E-state index in [0.29, 0.717) is 0 Å². The number of esters is 1. The molecule has 116 valence electrons. The number of nitrogens with one attached hydrogen (secondary N) is 1. The van der Waals surface area contributed by atoms with Gasteiger partial charge in [-0.05, 0) is 36.8 Å². The van der Waals surface area contributed by atoms with Crippen LogP contribution >= 0.6 is 11.8 Å². The van der Waals surface area contributed by atoms with Crippen LogP contribution in [0.5, 0.6) is 5.75 Å². The van der Waals surface area contributed by atoms with Gasteiger partial charge in [0.2, 0.25) is 10.0 Å². The molecule has 0 aromatic heterocycles. The summed E-state index contributed by atoms with van der Waals surface area (Å²) in [5.41, 5.74) is -0.168. The zero-order valence-corrected chi connectivity index (χ0v) is 13.2. The molecule has 1 aliphatic heterocycles. The van der Waals surface area contributed by atoms with E-state index in [2.05, 4.69) is 9.46 Å². The van der Waals surface area contributed by atoms with Crippen molar-refractivity contribution in [2.45, 2.75) is 23.8 Å². The molecule has 1 saturated heterocycles. The van der Waals surface area contributed by atoms with Gasteiger partial charge in [0.05, 0.1) is 12.0 Å². The molecule has 0 bridgehead atoms. The van der Waals surface area contributed by atoms with Gasteiger partial charge in [0, 0.05) is 11.8 Å². The SMILES string of the molecule is COC(=O)c1cc(S(=O)(=O)NC2CCCSC2)ccc1O. The van der Waals surface area contributed by atoms with E-state index < -0.39 is 16.0 Å². The molecule has 1 unspecified atom stereocenters. The summed E-state index contributed by atoms with van der Waals surface area (Å²) in [7, 11) is -2.56. The average molecular weight is 331 g/mol. The van der Waals surface area contributed by atoms with Crippen LogP contribution in [0.15, 0.2) is 23.1 Å². The molecule has 2 rings (SSSR count). The normalized spacial score (nSPS) is 19.2. The number of phenols is 1. The fourth-order valence-corrected chi connectivity index (χ4v) is 4.55. The maximum Gasteiger partial charge on any atom is 0.341 e. The Balaban J connectivity index is 2.25. The lowest BCUT2D eigenvalue weighted by atomic mass is 10.2. The largest absolute Gasteiger partial charge is 0.507 e. The summed E-state index contributed by atoms with van der Waals surface area (Å²) in [6, 6.07) is 3.46. The molecular formula is C13H17NO5S2. The first-order valence-electron chi connectivity index (χ1n) is 6.45. The zero-order chi connectivity index (χ0) is 15.5. The summed E-state index contributed by atoms with van der Waals surface area (Å²) < 4.78 is 31.8. The summed E-state index contributed by atoms with van der Waals surface area (Å²) >= 11 is 1.71. The van der Waals surface area contributed by atoms with Crippen molar-refractivity contribution in [2.75, 3.05) is 18.6 Å². The smallest absolute Gasteiger partial charge is 0.341 e. The highest BCUT2D eigenvalue weighted by molar-refractivity contribution is 7.99. The van der Waals surface area contributed by atoms with Crippen molar-refractivity contribution < 1.29 is 23.1 Å². The molecule has 0 radical (unpaired) electrons. The number of sulfonamides is 1. The lowest BCUT2D eigenvalue weighted by molar-refractivity contribution is 0.0597. The van der Waals surface area contributed by atoms with E-state index in [1.54, 1.807) is 11.8 Å². The van der Waals surface area contributed by atoms with Gasteiger partial charge in [-0.3, -0.25) is 0 Å². The molecule has 1 fully saturated rings. The molecule has 1 aliphatic rings. The van der Waals surface area contributed by atoms with Crippen LogP contribution in [-0.2, 0) is 14.8 Å². The third-order valence-electron chi connectivity index (χ3n) is 3.17. The number of ether oxygens (including phenoxy) is 1. The van der Waals surface area contributed by atoms with Crippen molar-refractivity contribution in [1.29, 1.82) is 0 Å². The Morgan fingerprint density at radius 1 is 1.48 bits per heavy atom. The van der Waals surface area contributed by atoms with Crippen molar-refractivity contribution in [3.05, 3.63) is 23.8 Å². The molecule has 21 heavy (non-hydrogen) atoms. The summed E-state index contributed by atoms with van der Waals surface area (Å²) in [5.74, 6) is 0.692. The highest BCUT2D eigenvalue weighted by Crippen LogP contribution is 2.24. The Morgan fingerprint density at radius 3 is 2.86 bits per heavy atom. The number of thioether (sulfide) groups is 1. The van der Waals surface area contributed by atoms with Crippen LogP contribution in [0.1, 0.15) is 23.2 Å². The van der Waals surface area contributed by atoms with Gasteiger partial charge in [-0.2, -0.15) is 11.8 Å². The molecule has 1 aromatic rings. The van der Waals surface area contributed by atoms with Crippen molar-refractivity contribution in [3.8, 4) is 5.75 Å². The van der Waals surface area contributed by atoms with E-state index >= 15 is 0 Å². The van der Waals surface area contributed by atoms with Crippen molar-refractivity contribution in [1.82, 2.24) is 4.72 Å². The molecule has 6 nitrogen and oxygen atoms in total. The van der Waals surface area contributed by atoms with Crippen molar-refractivity contribution in [3.63, 3.8) is 0 Å². The van der Waals surface area contributed by atoms with Crippen LogP contribution in [0, 0.1) is 0 Å². The van der Waals surface area contributed by atoms with Crippen LogP contribution in [0.4, 0.5) is 0 Å². The van der Waals surface area contributed by atoms with Crippen LogP contribution in [0.2, 0.25) is 0 Å². The van der Waals surface area contributed by atoms with Gasteiger partial charge in [-0.15, -0.1) is 0 Å². The van der Waals surface area contributed by atoms with E-state index in [-0.39, 0.29) is 22.3 Å². The molecule has 0 amide bonds. The average Bonchev–Trinajstić information content (AvgIpc) is 2.47. The van der Waals surface area contributed by atoms with E-state index in [1.165, 1.54) is 19.2 Å². The van der Waals surface area contributed by atoms with Crippen LogP contribution in [0.3, 0.4) is 0 Å². The summed E-state index contributed by atoms with van der Waals surface area (Å²) in [4.78, 5) is 11.4. The quantitative estimate of drug-likeness (QED) is 0.809. The minimum atomic E-state index is -3.72. The van der Waals surface area contributed by atoms with Crippen LogP contribution in [-0.4, -0.2) is 44.2 Å². The molecule has 0 saturated carbocycles. The monoisotopic (exact) mass is 331 g/mol. The number of carbonyl (C=O) groups excluding carboxylic acids is 1. The number of phenolic OH excluding ortho intramolecular Hbond substituents is 1. The van der Waals surface area contributed by atoms with E-state index in [4.69, 9.17) is 0 Å². The molecule has 8 heteroatoms. The van der Waals surface area contributed by atoms with Gasteiger partial charge < -0.3 is 9.84 Å². The zero-order valence-electron chi connectivity index (χ0n) is 11.5. The number of hydrogen-bond donors (Lipinski definition) is 2. The minimum absolute atomic E-state index is 0.0590. The summed E-state index contributed by atoms with van der Waals surface area (Å²) in [6.07, 6.45) is 1.77. The Hall–Kier alpha value is -1.25. The lowest BCUT2D eigenvalue weighted by Crippen LogP contribution is -2.38. The molecule has 0 spiro atoms. The first-order chi connectivity index (χ1) is 9.94. The van der Waals surface area contributed by atoms with Gasteiger partial charge in [-0.25, -0.2) is 17.9 Å². The first kappa shape index (κ1) is 16.1. The fraction of sp³-hybridized carbons (Fsp3) is 0.462. The lowest BCUT2D eigenvalue weighted by Gasteiger charge is -2.22. The topological polar surface area (TPSA) is 92.7 Å². The highest BCUT2D eigenvalue weighted by Gasteiger charge is 2.24. The van der Waals surface area contributed by atoms with Gasteiger partial charge in [0.15, 0.2) is 0 Å². The predicted octanol–water partition coefficient (Wildman–Crippen LogP) is 1.35. The summed E-state index contributed by atoms with van der Waals surface area (Å²) in [6.45, 7) is 0. The van der Waals surface area contributed by atoms with E-state index in [0.717, 1.165) is 30.4 Å². The Bertz CT molecular complexity index is 623. The second-order valence-electron chi connectivity index (χ2n) is 4.71. The predicted molar refractivity (Wildman–Crippen MR) is 80.1 cm³/mol. The Labute approximate surface area is 127 Å². The molecule has 1 atom stereocenters. The molecular weight excluding hydrogens is 314 g/mol. The standard InChI is InChI=1S/C13H17NO5S2/c1-19-13(16)11-7-10(4-5-12(11)15)21(17,18)14-9-3-2-6-20-8-9/h4-5,7,9,14-15H,2-3,6,8H2,1H3. The van der Waals surface area contributed by atoms with Gasteiger partial charge >= 0.3 is 5.97 Å². The van der Waals surface area contributed by atoms with Crippen LogP contribution in [0.25, 0.3) is 0 Å². The van der Waals surface area contributed by atoms with E-state index in [1.807, 2.05) is 0 Å². The van der Waals surface area contributed by atoms with Crippen molar-refractivity contribution in [2.24, 2.45) is 0 Å². The fourth-order valence-electron chi connectivity index (χ4n) is 2.08. The number of benzene rings is 1. The maximum atomic E-state index is 12.3. The van der Waals surface area contributed by atoms with Crippen molar-refractivity contribution >= 4 is 27.8 Å². The number of hydrogen-bond acceptors (Lipinski definition) is 6. The number of rotatable bonds is 4. The molecule has 0 aliphatic carbocycles. The molecule has 1 aromatic carbocycles. The summed E-state index contributed by atoms with van der Waals surface area (Å²) in [5, 5.41) is 9.60. The third-order valence-corrected chi connectivity index (χ3v) is 5.90. The Morgan fingerprint density at radius 2 is 2.24 bits per heavy atom. The molecule has 2 N–H and O–H groups in total. The second kappa shape index (κ2) is 6.67. The van der Waals surface area contributed by atoms with Crippen LogP contribution < -0.4 is 4.72 Å². The van der Waals surface area contributed by atoms with Gasteiger partial charge in [0.25, 0.3) is 0 Å².